The molecule has 0 aliphatic carbocycles. The molecule has 0 saturated heterocycles. The molecule has 4 N–H and O–H groups in total. The van der Waals surface area contributed by atoms with Gasteiger partial charge in [-0.25, -0.2) is 29.9 Å². The highest BCUT2D eigenvalue weighted by Gasteiger charge is 2.30. The zero-order valence-corrected chi connectivity index (χ0v) is 25.7. The summed E-state index contributed by atoms with van der Waals surface area (Å²) in [7, 11) is -9.39. The molecular weight excluding hydrogens is 657 g/mol. The second kappa shape index (κ2) is 9.79. The number of nitrogens with zero attached hydrogens (tertiary/aromatic N) is 6. The van der Waals surface area contributed by atoms with Gasteiger partial charge in [0.05, 0.1) is 11.1 Å². The number of aromatic nitrogens is 8. The number of hydrogen-bond donors (Lipinski definition) is 4. The van der Waals surface area contributed by atoms with E-state index < -0.39 is 20.2 Å². The third-order valence-electron chi connectivity index (χ3n) is 8.18. The van der Waals surface area contributed by atoms with Crippen molar-refractivity contribution >= 4 is 64.4 Å². The first-order valence-electron chi connectivity index (χ1n) is 14.3. The smallest absolute Gasteiger partial charge is 0.295 e. The molecule has 9 rings (SSSR count). The lowest BCUT2D eigenvalue weighted by molar-refractivity contribution is 0.481. The van der Waals surface area contributed by atoms with Crippen molar-refractivity contribution in [3.8, 4) is 45.6 Å². The number of fused-ring (bicyclic) bond motifs is 20. The van der Waals surface area contributed by atoms with Gasteiger partial charge in [-0.3, -0.25) is 9.11 Å². The molecular formula is C32H18N8O6S2. The van der Waals surface area contributed by atoms with Crippen LogP contribution in [0.4, 0.5) is 0 Å². The summed E-state index contributed by atoms with van der Waals surface area (Å²) in [6.45, 7) is 0. The van der Waals surface area contributed by atoms with E-state index in [1.165, 1.54) is 24.3 Å². The van der Waals surface area contributed by atoms with E-state index in [0.29, 0.717) is 44.0 Å². The van der Waals surface area contributed by atoms with Crippen molar-refractivity contribution < 1.29 is 25.9 Å². The van der Waals surface area contributed by atoms with Crippen molar-refractivity contribution in [1.29, 1.82) is 0 Å². The Morgan fingerprint density at radius 3 is 1.08 bits per heavy atom. The van der Waals surface area contributed by atoms with Crippen LogP contribution in [0.1, 0.15) is 0 Å². The van der Waals surface area contributed by atoms with E-state index in [-0.39, 0.29) is 55.5 Å². The monoisotopic (exact) mass is 674 g/mol. The van der Waals surface area contributed by atoms with Crippen molar-refractivity contribution in [2.45, 2.75) is 9.79 Å². The van der Waals surface area contributed by atoms with Crippen LogP contribution in [0, 0.1) is 0 Å². The Bertz CT molecular complexity index is 2770. The Kier molecular flexibility index (Phi) is 5.77. The number of rotatable bonds is 2. The summed E-state index contributed by atoms with van der Waals surface area (Å²) in [4.78, 5) is 33.9. The standard InChI is InChI=1S/C32H18N8O6S2/c41-47(42,43)21-13-5-11-19-23(21)32-38-28-18-10-4-2-8-16(18)26(34-28)36-30-20-12-6-14-22(48(44,45)46)24(20)31(40-30)37-27-17-9-3-1-7-15(17)25(33-27)35-29(19)39-32/h1-14H,(H,41,42,43)(H,44,45,46)(H2,33,34,35,36,37,38,39,40). The summed E-state index contributed by atoms with van der Waals surface area (Å²) in [5, 5.41) is 2.46. The molecule has 5 heterocycles. The summed E-state index contributed by atoms with van der Waals surface area (Å²) in [5.74, 6) is 0.211. The molecule has 0 radical (unpaired) electrons. The molecule has 0 atom stereocenters. The largest absolute Gasteiger partial charge is 0.324 e. The normalized spacial score (nSPS) is 12.7. The number of benzene rings is 4. The number of nitrogens with one attached hydrogen (secondary N) is 2. The van der Waals surface area contributed by atoms with Crippen LogP contribution < -0.4 is 0 Å². The Hall–Kier alpha value is -5.94. The van der Waals surface area contributed by atoms with Gasteiger partial charge in [0, 0.05) is 32.7 Å². The van der Waals surface area contributed by atoms with E-state index in [1.54, 1.807) is 60.7 Å². The molecule has 4 aromatic carbocycles. The van der Waals surface area contributed by atoms with Gasteiger partial charge in [0.25, 0.3) is 20.2 Å². The van der Waals surface area contributed by atoms with Crippen molar-refractivity contribution in [2.75, 3.05) is 0 Å². The van der Waals surface area contributed by atoms with Gasteiger partial charge in [0.15, 0.2) is 23.3 Å². The fourth-order valence-corrected chi connectivity index (χ4v) is 7.57. The van der Waals surface area contributed by atoms with Crippen LogP contribution in [0.2, 0.25) is 0 Å². The van der Waals surface area contributed by atoms with Gasteiger partial charge in [0.1, 0.15) is 32.4 Å². The van der Waals surface area contributed by atoms with Crippen molar-refractivity contribution in [1.82, 2.24) is 39.9 Å². The average Bonchev–Trinajstić information content (AvgIpc) is 3.79. The molecule has 7 aromatic rings. The van der Waals surface area contributed by atoms with Crippen LogP contribution in [-0.2, 0) is 20.2 Å². The molecule has 0 amide bonds. The number of H-pyrrole nitrogens is 2. The lowest BCUT2D eigenvalue weighted by Gasteiger charge is -2.04. The second-order valence-electron chi connectivity index (χ2n) is 11.0. The highest BCUT2D eigenvalue weighted by Crippen LogP contribution is 2.41. The highest BCUT2D eigenvalue weighted by molar-refractivity contribution is 7.86. The first kappa shape index (κ1) is 28.3. The average molecular weight is 675 g/mol. The van der Waals surface area contributed by atoms with Gasteiger partial charge in [0.2, 0.25) is 0 Å². The maximum absolute atomic E-state index is 12.5. The summed E-state index contributed by atoms with van der Waals surface area (Å²) < 4.78 is 70.6. The molecule has 8 bridgehead atoms. The predicted molar refractivity (Wildman–Crippen MR) is 176 cm³/mol. The number of aromatic amines is 2. The minimum Gasteiger partial charge on any atom is -0.324 e. The molecule has 48 heavy (non-hydrogen) atoms. The maximum Gasteiger partial charge on any atom is 0.295 e. The molecule has 14 nitrogen and oxygen atoms in total. The maximum atomic E-state index is 12.5. The van der Waals surface area contributed by atoms with Crippen LogP contribution in [0.15, 0.2) is 94.7 Å². The molecule has 16 heteroatoms. The van der Waals surface area contributed by atoms with E-state index in [4.69, 9.17) is 19.9 Å². The summed E-state index contributed by atoms with van der Waals surface area (Å²) in [5.41, 5.74) is 1.96. The quantitative estimate of drug-likeness (QED) is 0.170. The molecule has 0 fully saturated rings. The minimum atomic E-state index is -4.70. The van der Waals surface area contributed by atoms with E-state index >= 15 is 0 Å². The highest BCUT2D eigenvalue weighted by atomic mass is 32.2. The molecule has 234 valence electrons. The Morgan fingerprint density at radius 1 is 0.417 bits per heavy atom. The topological polar surface area (TPSA) is 218 Å². The van der Waals surface area contributed by atoms with Gasteiger partial charge in [-0.05, 0) is 12.1 Å². The molecule has 0 saturated carbocycles. The van der Waals surface area contributed by atoms with Gasteiger partial charge in [-0.15, -0.1) is 0 Å². The second-order valence-corrected chi connectivity index (χ2v) is 13.8. The van der Waals surface area contributed by atoms with Crippen LogP contribution in [0.3, 0.4) is 0 Å². The van der Waals surface area contributed by atoms with Crippen LogP contribution >= 0.6 is 0 Å². The first-order chi connectivity index (χ1) is 23.0. The molecule has 3 aromatic heterocycles. The van der Waals surface area contributed by atoms with Gasteiger partial charge in [-0.1, -0.05) is 72.8 Å². The SMILES string of the molecule is O=S(=O)(O)c1cccc2c1-c1nc-2nc2[nH]c(nc3nc(nc4[nH]c(n1)c1ccccc41)-c1cccc(S(=O)(=O)O)c1-3)c1ccccc21. The Balaban J connectivity index is 1.52. The third-order valence-corrected chi connectivity index (χ3v) is 9.97. The van der Waals surface area contributed by atoms with Crippen molar-refractivity contribution in [2.24, 2.45) is 0 Å². The Morgan fingerprint density at radius 2 is 0.750 bits per heavy atom. The summed E-state index contributed by atoms with van der Waals surface area (Å²) in [6.07, 6.45) is 0. The third kappa shape index (κ3) is 4.24. The molecule has 0 unspecified atom stereocenters. The summed E-state index contributed by atoms with van der Waals surface area (Å²) in [6, 6.07) is 23.1. The number of hydrogen-bond acceptors (Lipinski definition) is 10. The zero-order chi connectivity index (χ0) is 32.9. The van der Waals surface area contributed by atoms with Crippen LogP contribution in [-0.4, -0.2) is 65.8 Å². The van der Waals surface area contributed by atoms with Crippen molar-refractivity contribution in [3.05, 3.63) is 84.9 Å². The van der Waals surface area contributed by atoms with Gasteiger partial charge < -0.3 is 9.97 Å². The van der Waals surface area contributed by atoms with E-state index in [9.17, 15) is 25.9 Å². The predicted octanol–water partition coefficient (Wildman–Crippen LogP) is 5.36. The van der Waals surface area contributed by atoms with Gasteiger partial charge >= 0.3 is 0 Å². The molecule has 2 aliphatic rings. The fourth-order valence-electron chi connectivity index (χ4n) is 6.15. The van der Waals surface area contributed by atoms with Crippen LogP contribution in [0.5, 0.6) is 0 Å². The van der Waals surface area contributed by atoms with Crippen molar-refractivity contribution in [3.63, 3.8) is 0 Å². The lowest BCUT2D eigenvalue weighted by Crippen LogP contribution is -2.01. The van der Waals surface area contributed by atoms with Crippen LogP contribution in [0.25, 0.3) is 89.7 Å². The molecule has 2 aliphatic heterocycles. The lowest BCUT2D eigenvalue weighted by atomic mass is 10.1. The van der Waals surface area contributed by atoms with E-state index in [2.05, 4.69) is 19.9 Å². The zero-order valence-electron chi connectivity index (χ0n) is 24.1. The minimum absolute atomic E-state index is 0.0136. The molecule has 0 spiro atoms. The van der Waals surface area contributed by atoms with E-state index in [0.717, 1.165) is 0 Å². The van der Waals surface area contributed by atoms with Gasteiger partial charge in [-0.2, -0.15) is 16.8 Å². The fraction of sp³-hybridized carbons (Fsp3) is 0. The summed E-state index contributed by atoms with van der Waals surface area (Å²) >= 11 is 0. The van der Waals surface area contributed by atoms with E-state index in [1.807, 2.05) is 0 Å². The first-order valence-corrected chi connectivity index (χ1v) is 17.1. The Labute approximate surface area is 269 Å².